The average Bonchev–Trinajstić information content (AvgIpc) is 3.26. The van der Waals surface area contributed by atoms with Crippen LogP contribution in [0.3, 0.4) is 0 Å². The van der Waals surface area contributed by atoms with Crippen LogP contribution in [-0.2, 0) is 28.8 Å². The highest BCUT2D eigenvalue weighted by molar-refractivity contribution is 5.86. The van der Waals surface area contributed by atoms with Crippen molar-refractivity contribution in [1.29, 1.82) is 0 Å². The topological polar surface area (TPSA) is 93.6 Å². The number of nitrogens with zero attached hydrogens (tertiary/aromatic N) is 3. The fourth-order valence-electron chi connectivity index (χ4n) is 6.03. The lowest BCUT2D eigenvalue weighted by molar-refractivity contribution is -0.122. The number of aliphatic hydroxyl groups excluding tert-OH is 1. The van der Waals surface area contributed by atoms with Gasteiger partial charge in [0, 0.05) is 42.8 Å². The van der Waals surface area contributed by atoms with Crippen molar-refractivity contribution in [2.24, 2.45) is 11.7 Å². The summed E-state index contributed by atoms with van der Waals surface area (Å²) in [6.07, 6.45) is 6.17. The Balaban J connectivity index is 1.56. The van der Waals surface area contributed by atoms with Crippen molar-refractivity contribution in [3.05, 3.63) is 59.4 Å². The zero-order valence-electron chi connectivity index (χ0n) is 20.7. The highest BCUT2D eigenvalue weighted by Crippen LogP contribution is 2.40. The Hall–Kier alpha value is -2.90. The molecule has 0 saturated heterocycles. The third kappa shape index (κ3) is 4.55. The van der Waals surface area contributed by atoms with Crippen molar-refractivity contribution in [2.45, 2.75) is 76.8 Å². The molecule has 7 nitrogen and oxygen atoms in total. The normalized spacial score (nSPS) is 23.3. The molecule has 1 aliphatic carbocycles. The number of aromatic nitrogens is 2. The minimum atomic E-state index is -0.981. The molecule has 1 aliphatic heterocycles. The number of anilines is 1. The van der Waals surface area contributed by atoms with Gasteiger partial charge in [-0.3, -0.25) is 4.79 Å². The first kappa shape index (κ1) is 23.8. The largest absolute Gasteiger partial charge is 0.369 e. The second-order valence-corrected chi connectivity index (χ2v) is 10.1. The molecule has 0 spiro atoms. The number of ether oxygens (including phenoxy) is 1. The average molecular weight is 477 g/mol. The number of carbonyl (C=O) groups excluding carboxylic acids is 1. The molecule has 7 heteroatoms. The summed E-state index contributed by atoms with van der Waals surface area (Å²) in [6.45, 7) is 2.12. The molecule has 1 amide bonds. The minimum absolute atomic E-state index is 0.0212. The molecule has 3 N–H and O–H groups in total. The summed E-state index contributed by atoms with van der Waals surface area (Å²) in [7, 11) is 1.53. The van der Waals surface area contributed by atoms with Gasteiger partial charge in [0.15, 0.2) is 0 Å². The van der Waals surface area contributed by atoms with Gasteiger partial charge in [0.05, 0.1) is 11.0 Å². The van der Waals surface area contributed by atoms with E-state index in [1.807, 2.05) is 11.0 Å². The maximum Gasteiger partial charge on any atom is 0.237 e. The van der Waals surface area contributed by atoms with E-state index in [2.05, 4.69) is 47.9 Å². The molecule has 1 aromatic heterocycles. The van der Waals surface area contributed by atoms with Crippen LogP contribution >= 0.6 is 0 Å². The predicted octanol–water partition coefficient (Wildman–Crippen LogP) is 4.10. The number of fused-ring (bicyclic) bond motifs is 3. The molecule has 35 heavy (non-hydrogen) atoms. The number of primary amides is 1. The van der Waals surface area contributed by atoms with Gasteiger partial charge in [0.25, 0.3) is 0 Å². The monoisotopic (exact) mass is 476 g/mol. The number of aliphatic hydroxyl groups is 1. The van der Waals surface area contributed by atoms with E-state index in [0.29, 0.717) is 6.04 Å². The Bertz CT molecular complexity index is 1180. The van der Waals surface area contributed by atoms with Crippen LogP contribution in [0.5, 0.6) is 0 Å². The van der Waals surface area contributed by atoms with E-state index in [4.69, 9.17) is 15.5 Å². The number of imidazole rings is 1. The van der Waals surface area contributed by atoms with Crippen molar-refractivity contribution >= 4 is 22.6 Å². The van der Waals surface area contributed by atoms with Crippen LogP contribution in [0.4, 0.5) is 5.69 Å². The van der Waals surface area contributed by atoms with Crippen LogP contribution in [0.15, 0.2) is 42.5 Å². The molecular weight excluding hydrogens is 440 g/mol. The van der Waals surface area contributed by atoms with Crippen LogP contribution in [0, 0.1) is 5.92 Å². The Kier molecular flexibility index (Phi) is 6.80. The van der Waals surface area contributed by atoms with E-state index in [1.54, 1.807) is 0 Å². The summed E-state index contributed by atoms with van der Waals surface area (Å²) in [5, 5.41) is 10.6. The maximum atomic E-state index is 11.8. The number of carbonyl (C=O) groups is 1. The lowest BCUT2D eigenvalue weighted by Gasteiger charge is -2.39. The number of hydrogen-bond donors (Lipinski definition) is 2. The number of nitrogens with two attached hydrogens (primary N) is 1. The van der Waals surface area contributed by atoms with E-state index in [0.717, 1.165) is 73.9 Å². The van der Waals surface area contributed by atoms with Crippen molar-refractivity contribution in [3.63, 3.8) is 0 Å². The van der Waals surface area contributed by atoms with Gasteiger partial charge in [-0.1, -0.05) is 30.3 Å². The highest BCUT2D eigenvalue weighted by atomic mass is 16.6. The zero-order chi connectivity index (χ0) is 24.5. The Morgan fingerprint density at radius 1 is 1.11 bits per heavy atom. The van der Waals surface area contributed by atoms with Gasteiger partial charge in [-0.05, 0) is 69.6 Å². The van der Waals surface area contributed by atoms with E-state index >= 15 is 0 Å². The van der Waals surface area contributed by atoms with E-state index in [-0.39, 0.29) is 17.9 Å². The summed E-state index contributed by atoms with van der Waals surface area (Å²) >= 11 is 0. The van der Waals surface area contributed by atoms with Gasteiger partial charge >= 0.3 is 0 Å². The first-order valence-electron chi connectivity index (χ1n) is 12.8. The Labute approximate surface area is 206 Å². The number of amides is 1. The molecule has 1 unspecified atom stereocenters. The summed E-state index contributed by atoms with van der Waals surface area (Å²) in [5.74, 6) is 0.896. The van der Waals surface area contributed by atoms with Crippen molar-refractivity contribution in [1.82, 2.24) is 9.55 Å². The molecule has 0 radical (unpaired) electrons. The summed E-state index contributed by atoms with van der Waals surface area (Å²) in [4.78, 5) is 18.9. The van der Waals surface area contributed by atoms with Gasteiger partial charge in [-0.15, -0.1) is 0 Å². The quantitative estimate of drug-likeness (QED) is 0.501. The molecule has 0 bridgehead atoms. The van der Waals surface area contributed by atoms with E-state index in [1.165, 1.54) is 18.2 Å². The lowest BCUT2D eigenvalue weighted by atomic mass is 9.85. The van der Waals surface area contributed by atoms with Crippen molar-refractivity contribution in [3.8, 4) is 0 Å². The predicted molar refractivity (Wildman–Crippen MR) is 137 cm³/mol. The van der Waals surface area contributed by atoms with Gasteiger partial charge in [0.2, 0.25) is 12.3 Å². The first-order chi connectivity index (χ1) is 17.0. The maximum absolute atomic E-state index is 11.8. The zero-order valence-corrected chi connectivity index (χ0v) is 20.7. The Morgan fingerprint density at radius 2 is 1.86 bits per heavy atom. The fraction of sp³-hybridized carbons (Fsp3) is 0.500. The van der Waals surface area contributed by atoms with Crippen molar-refractivity contribution in [2.75, 3.05) is 12.0 Å². The van der Waals surface area contributed by atoms with E-state index in [9.17, 15) is 9.90 Å². The summed E-state index contributed by atoms with van der Waals surface area (Å²) in [5.41, 5.74) is 11.3. The summed E-state index contributed by atoms with van der Waals surface area (Å²) in [6, 6.07) is 15.3. The highest BCUT2D eigenvalue weighted by Gasteiger charge is 2.33. The third-order valence-electron chi connectivity index (χ3n) is 7.97. The van der Waals surface area contributed by atoms with Crippen molar-refractivity contribution < 1.29 is 14.6 Å². The second kappa shape index (κ2) is 9.99. The van der Waals surface area contributed by atoms with Crippen LogP contribution < -0.4 is 10.6 Å². The molecule has 2 aromatic carbocycles. The molecule has 2 heterocycles. The molecule has 186 valence electrons. The second-order valence-electron chi connectivity index (χ2n) is 10.1. The number of benzene rings is 2. The van der Waals surface area contributed by atoms with Crippen LogP contribution in [0.1, 0.15) is 62.0 Å². The van der Waals surface area contributed by atoms with Crippen LogP contribution in [0.2, 0.25) is 0 Å². The van der Waals surface area contributed by atoms with Gasteiger partial charge in [-0.25, -0.2) is 4.98 Å². The van der Waals surface area contributed by atoms with Gasteiger partial charge in [-0.2, -0.15) is 0 Å². The molecular formula is C28H36N4O3. The third-order valence-corrected chi connectivity index (χ3v) is 7.97. The minimum Gasteiger partial charge on any atom is -0.369 e. The molecule has 1 saturated carbocycles. The molecule has 3 aromatic rings. The molecule has 2 aliphatic rings. The Morgan fingerprint density at radius 3 is 2.54 bits per heavy atom. The molecule has 2 atom stereocenters. The van der Waals surface area contributed by atoms with Crippen LogP contribution in [-0.4, -0.2) is 40.1 Å². The number of rotatable bonds is 7. The summed E-state index contributed by atoms with van der Waals surface area (Å²) < 4.78 is 7.72. The van der Waals surface area contributed by atoms with E-state index < -0.39 is 6.41 Å². The fourth-order valence-corrected chi connectivity index (χ4v) is 6.03. The molecule has 5 rings (SSSR count). The SMILES string of the molecule is COC(O)N1c2ccc3c(nc(CCc4ccccc4)n3[C@H]3CC[C@H](C(N)=O)CC3)c2CC[C@@H]1C. The standard InChI is InChI=1S/C28H36N4O3/c1-18-8-14-22-23(31(18)28(34)35-2)15-16-24-26(22)30-25(17-9-19-6-4-3-5-7-19)32(24)21-12-10-20(11-13-21)27(29)33/h3-7,15-16,18,20-21,28,34H,8-14,17H2,1-2H3,(H2,29,33)/t18-,20-,21-,28?/m0/s1. The van der Waals surface area contributed by atoms with Gasteiger partial charge in [0.1, 0.15) is 5.82 Å². The lowest BCUT2D eigenvalue weighted by Crippen LogP contribution is -2.45. The number of hydrogen-bond acceptors (Lipinski definition) is 5. The van der Waals surface area contributed by atoms with Gasteiger partial charge < -0.3 is 25.0 Å². The smallest absolute Gasteiger partial charge is 0.237 e. The number of aryl methyl sites for hydroxylation is 3. The first-order valence-corrected chi connectivity index (χ1v) is 12.8. The number of methoxy groups -OCH3 is 1. The van der Waals surface area contributed by atoms with Crippen LogP contribution in [0.25, 0.3) is 11.0 Å². The molecule has 1 fully saturated rings.